The highest BCUT2D eigenvalue weighted by molar-refractivity contribution is 5.80. The van der Waals surface area contributed by atoms with Gasteiger partial charge in [-0.25, -0.2) is 0 Å². The topological polar surface area (TPSA) is 58.1 Å². The van der Waals surface area contributed by atoms with Gasteiger partial charge in [-0.2, -0.15) is 0 Å². The zero-order chi connectivity index (χ0) is 16.5. The Balaban J connectivity index is 1.55. The normalized spacial score (nSPS) is 23.5. The van der Waals surface area contributed by atoms with Gasteiger partial charge in [0.1, 0.15) is 0 Å². The molecule has 1 amide bonds. The second kappa shape index (κ2) is 6.23. The standard InChI is InChI=1S/C19H22N4O/c1-13-9-16(6-8-21-13)22-12-15-10-18(24)23(17-4-5-17)19(15)14-3-2-7-20-11-14/h2-3,6-9,11,15,17,19H,4-5,10,12H2,1H3,(H,21,22)/t15-,19-/m0/s1. The molecule has 1 aliphatic heterocycles. The second-order valence-electron chi connectivity index (χ2n) is 6.79. The third-order valence-electron chi connectivity index (χ3n) is 4.90. The average Bonchev–Trinajstić information content (AvgIpc) is 3.37. The summed E-state index contributed by atoms with van der Waals surface area (Å²) >= 11 is 0. The quantitative estimate of drug-likeness (QED) is 0.919. The molecule has 2 aromatic rings. The maximum Gasteiger partial charge on any atom is 0.223 e. The zero-order valence-electron chi connectivity index (χ0n) is 13.9. The number of pyridine rings is 2. The maximum absolute atomic E-state index is 12.6. The van der Waals surface area contributed by atoms with Gasteiger partial charge in [-0.05, 0) is 43.5 Å². The minimum absolute atomic E-state index is 0.133. The van der Waals surface area contributed by atoms with Gasteiger partial charge in [-0.1, -0.05) is 6.07 Å². The summed E-state index contributed by atoms with van der Waals surface area (Å²) in [5, 5.41) is 3.49. The molecule has 2 fully saturated rings. The fourth-order valence-corrected chi connectivity index (χ4v) is 3.68. The van der Waals surface area contributed by atoms with Crippen LogP contribution in [-0.4, -0.2) is 33.4 Å². The van der Waals surface area contributed by atoms with E-state index in [4.69, 9.17) is 0 Å². The Morgan fingerprint density at radius 1 is 1.29 bits per heavy atom. The molecule has 24 heavy (non-hydrogen) atoms. The predicted molar refractivity (Wildman–Crippen MR) is 92.4 cm³/mol. The molecule has 0 bridgehead atoms. The number of carbonyl (C=O) groups is 1. The fraction of sp³-hybridized carbons (Fsp3) is 0.421. The number of hydrogen-bond donors (Lipinski definition) is 1. The Hall–Kier alpha value is -2.43. The highest BCUT2D eigenvalue weighted by atomic mass is 16.2. The highest BCUT2D eigenvalue weighted by Gasteiger charge is 2.47. The van der Waals surface area contributed by atoms with Crippen LogP contribution in [0.1, 0.15) is 36.6 Å². The molecule has 2 atom stereocenters. The number of nitrogens with one attached hydrogen (secondary N) is 1. The Kier molecular flexibility index (Phi) is 3.92. The Labute approximate surface area is 142 Å². The van der Waals surface area contributed by atoms with E-state index in [1.165, 1.54) is 0 Å². The minimum Gasteiger partial charge on any atom is -0.385 e. The van der Waals surface area contributed by atoms with E-state index < -0.39 is 0 Å². The molecule has 3 heterocycles. The number of hydrogen-bond acceptors (Lipinski definition) is 4. The molecule has 5 nitrogen and oxygen atoms in total. The lowest BCUT2D eigenvalue weighted by molar-refractivity contribution is -0.129. The number of anilines is 1. The van der Waals surface area contributed by atoms with E-state index in [-0.39, 0.29) is 17.9 Å². The lowest BCUT2D eigenvalue weighted by Crippen LogP contribution is -2.32. The molecule has 1 aliphatic carbocycles. The molecular weight excluding hydrogens is 300 g/mol. The number of amides is 1. The molecule has 4 rings (SSSR count). The van der Waals surface area contributed by atoms with Crippen LogP contribution in [0.15, 0.2) is 42.9 Å². The zero-order valence-corrected chi connectivity index (χ0v) is 13.9. The van der Waals surface area contributed by atoms with Crippen molar-refractivity contribution in [2.45, 2.75) is 38.3 Å². The number of aromatic nitrogens is 2. The molecule has 1 saturated heterocycles. The third kappa shape index (κ3) is 2.98. The van der Waals surface area contributed by atoms with E-state index in [9.17, 15) is 4.79 Å². The van der Waals surface area contributed by atoms with Crippen molar-refractivity contribution in [3.05, 3.63) is 54.1 Å². The van der Waals surface area contributed by atoms with Crippen molar-refractivity contribution < 1.29 is 4.79 Å². The number of nitrogens with zero attached hydrogens (tertiary/aromatic N) is 3. The van der Waals surface area contributed by atoms with Crippen molar-refractivity contribution in [2.24, 2.45) is 5.92 Å². The first kappa shape index (κ1) is 15.1. The van der Waals surface area contributed by atoms with Crippen molar-refractivity contribution in [1.82, 2.24) is 14.9 Å². The van der Waals surface area contributed by atoms with Gasteiger partial charge in [0.05, 0.1) is 6.04 Å². The highest BCUT2D eigenvalue weighted by Crippen LogP contribution is 2.44. The summed E-state index contributed by atoms with van der Waals surface area (Å²) in [7, 11) is 0. The summed E-state index contributed by atoms with van der Waals surface area (Å²) < 4.78 is 0. The van der Waals surface area contributed by atoms with Gasteiger partial charge in [-0.3, -0.25) is 14.8 Å². The van der Waals surface area contributed by atoms with Crippen molar-refractivity contribution in [3.8, 4) is 0 Å². The Bertz CT molecular complexity index is 729. The molecule has 1 N–H and O–H groups in total. The first-order valence-electron chi connectivity index (χ1n) is 8.60. The molecule has 0 aromatic carbocycles. The van der Waals surface area contributed by atoms with Gasteiger partial charge >= 0.3 is 0 Å². The molecule has 0 radical (unpaired) electrons. The predicted octanol–water partition coefficient (Wildman–Crippen LogP) is 2.95. The number of likely N-dealkylation sites (tertiary alicyclic amines) is 1. The van der Waals surface area contributed by atoms with Crippen molar-refractivity contribution in [1.29, 1.82) is 0 Å². The largest absolute Gasteiger partial charge is 0.385 e. The molecule has 124 valence electrons. The van der Waals surface area contributed by atoms with Crippen LogP contribution in [0.4, 0.5) is 5.69 Å². The van der Waals surface area contributed by atoms with Crippen LogP contribution in [0, 0.1) is 12.8 Å². The van der Waals surface area contributed by atoms with Crippen LogP contribution in [0.2, 0.25) is 0 Å². The number of rotatable bonds is 5. The summed E-state index contributed by atoms with van der Waals surface area (Å²) in [5.74, 6) is 0.542. The molecule has 0 unspecified atom stereocenters. The Morgan fingerprint density at radius 2 is 2.17 bits per heavy atom. The van der Waals surface area contributed by atoms with Crippen LogP contribution in [-0.2, 0) is 4.79 Å². The fourth-order valence-electron chi connectivity index (χ4n) is 3.68. The molecule has 5 heteroatoms. The lowest BCUT2D eigenvalue weighted by Gasteiger charge is -2.29. The summed E-state index contributed by atoms with van der Waals surface area (Å²) in [6.45, 7) is 2.76. The average molecular weight is 322 g/mol. The van der Waals surface area contributed by atoms with Gasteiger partial charge in [0.25, 0.3) is 0 Å². The second-order valence-corrected chi connectivity index (χ2v) is 6.79. The SMILES string of the molecule is Cc1cc(NC[C@@H]2CC(=O)N(C3CC3)[C@H]2c2cccnc2)ccn1. The van der Waals surface area contributed by atoms with Gasteiger partial charge < -0.3 is 10.2 Å². The minimum atomic E-state index is 0.133. The monoisotopic (exact) mass is 322 g/mol. The van der Waals surface area contributed by atoms with Gasteiger partial charge in [0, 0.05) is 54.9 Å². The van der Waals surface area contributed by atoms with Gasteiger partial charge in [-0.15, -0.1) is 0 Å². The Morgan fingerprint density at radius 3 is 2.88 bits per heavy atom. The molecule has 2 aromatic heterocycles. The van der Waals surface area contributed by atoms with E-state index in [0.29, 0.717) is 12.5 Å². The van der Waals surface area contributed by atoms with Crippen LogP contribution in [0.25, 0.3) is 0 Å². The number of carbonyl (C=O) groups excluding carboxylic acids is 1. The maximum atomic E-state index is 12.6. The third-order valence-corrected chi connectivity index (χ3v) is 4.90. The smallest absolute Gasteiger partial charge is 0.223 e. The molecular formula is C19H22N4O. The summed E-state index contributed by atoms with van der Waals surface area (Å²) in [4.78, 5) is 23.2. The van der Waals surface area contributed by atoms with E-state index in [1.807, 2.05) is 37.5 Å². The number of aryl methyl sites for hydroxylation is 1. The van der Waals surface area contributed by atoms with Crippen molar-refractivity contribution >= 4 is 11.6 Å². The summed E-state index contributed by atoms with van der Waals surface area (Å²) in [5.41, 5.74) is 3.20. The summed E-state index contributed by atoms with van der Waals surface area (Å²) in [6.07, 6.45) is 8.37. The van der Waals surface area contributed by atoms with Crippen molar-refractivity contribution in [3.63, 3.8) is 0 Å². The molecule has 2 aliphatic rings. The first-order valence-corrected chi connectivity index (χ1v) is 8.60. The lowest BCUT2D eigenvalue weighted by atomic mass is 9.94. The van der Waals surface area contributed by atoms with E-state index in [0.717, 1.165) is 36.3 Å². The van der Waals surface area contributed by atoms with E-state index in [2.05, 4.69) is 26.3 Å². The van der Waals surface area contributed by atoms with E-state index in [1.54, 1.807) is 6.20 Å². The van der Waals surface area contributed by atoms with Gasteiger partial charge in [0.2, 0.25) is 5.91 Å². The first-order chi connectivity index (χ1) is 11.7. The van der Waals surface area contributed by atoms with Crippen LogP contribution in [0.3, 0.4) is 0 Å². The van der Waals surface area contributed by atoms with Crippen LogP contribution in [0.5, 0.6) is 0 Å². The summed E-state index contributed by atoms with van der Waals surface area (Å²) in [6, 6.07) is 8.62. The van der Waals surface area contributed by atoms with E-state index >= 15 is 0 Å². The molecule has 0 spiro atoms. The van der Waals surface area contributed by atoms with Crippen molar-refractivity contribution in [2.75, 3.05) is 11.9 Å². The van der Waals surface area contributed by atoms with Gasteiger partial charge in [0.15, 0.2) is 0 Å². The van der Waals surface area contributed by atoms with Crippen LogP contribution < -0.4 is 5.32 Å². The molecule has 1 saturated carbocycles. The van der Waals surface area contributed by atoms with Crippen LogP contribution >= 0.6 is 0 Å².